The van der Waals surface area contributed by atoms with E-state index in [1.165, 1.54) is 6.20 Å². The summed E-state index contributed by atoms with van der Waals surface area (Å²) >= 11 is 0. The van der Waals surface area contributed by atoms with E-state index in [1.807, 2.05) is 44.2 Å². The van der Waals surface area contributed by atoms with Crippen molar-refractivity contribution >= 4 is 33.0 Å². The van der Waals surface area contributed by atoms with E-state index in [-0.39, 0.29) is 5.69 Å². The summed E-state index contributed by atoms with van der Waals surface area (Å²) < 4.78 is 75.6. The number of fused-ring (bicyclic) bond motifs is 3. The lowest BCUT2D eigenvalue weighted by Gasteiger charge is -2.33. The van der Waals surface area contributed by atoms with Gasteiger partial charge in [0.25, 0.3) is 0 Å². The van der Waals surface area contributed by atoms with Crippen LogP contribution >= 0.6 is 0 Å². The second-order valence-corrected chi connectivity index (χ2v) is 8.87. The summed E-state index contributed by atoms with van der Waals surface area (Å²) in [5.41, 5.74) is 1.17. The number of nitrogens with zero attached hydrogens (tertiary/aromatic N) is 2. The molecule has 0 radical (unpaired) electrons. The fourth-order valence-corrected chi connectivity index (χ4v) is 5.34. The summed E-state index contributed by atoms with van der Waals surface area (Å²) in [6.07, 6.45) is 2.12. The van der Waals surface area contributed by atoms with Gasteiger partial charge in [-0.3, -0.25) is 0 Å². The molecule has 0 aliphatic carbocycles. The number of benzene rings is 3. The molecule has 1 aliphatic heterocycles. The van der Waals surface area contributed by atoms with Crippen LogP contribution in [0.1, 0.15) is 25.8 Å². The van der Waals surface area contributed by atoms with Crippen molar-refractivity contribution in [2.24, 2.45) is 0 Å². The minimum Gasteiger partial charge on any atom is -0.203 e. The Labute approximate surface area is 191 Å². The summed E-state index contributed by atoms with van der Waals surface area (Å²) in [5.74, 6) is -9.88. The summed E-state index contributed by atoms with van der Waals surface area (Å²) in [5, 5.41) is 2.59. The molecule has 3 heterocycles. The highest BCUT2D eigenvalue weighted by Gasteiger charge is 2.43. The van der Waals surface area contributed by atoms with Crippen LogP contribution in [0.5, 0.6) is 0 Å². The van der Waals surface area contributed by atoms with Crippen LogP contribution in [0.4, 0.5) is 22.0 Å². The second-order valence-electron chi connectivity index (χ2n) is 8.87. The Balaban J connectivity index is 1.94. The van der Waals surface area contributed by atoms with Crippen molar-refractivity contribution < 1.29 is 26.4 Å². The van der Waals surface area contributed by atoms with E-state index in [4.69, 9.17) is 0 Å². The molecule has 0 fully saturated rings. The lowest BCUT2D eigenvalue weighted by atomic mass is 9.74. The Bertz CT molecular complexity index is 1700. The van der Waals surface area contributed by atoms with Crippen molar-refractivity contribution in [3.8, 4) is 11.3 Å². The number of aromatic nitrogens is 2. The molecule has 0 N–H and O–H groups in total. The van der Waals surface area contributed by atoms with E-state index >= 15 is 8.78 Å². The first-order chi connectivity index (χ1) is 16.2. The van der Waals surface area contributed by atoms with E-state index in [0.29, 0.717) is 23.3 Å². The molecule has 2 nitrogen and oxygen atoms in total. The monoisotopic (exact) mass is 465 g/mol. The Kier molecular flexibility index (Phi) is 4.08. The molecular formula is C27H18F5N2+. The molecular weight excluding hydrogens is 447 g/mol. The number of hydrogen-bond donors (Lipinski definition) is 0. The van der Waals surface area contributed by atoms with Crippen LogP contribution in [0.2, 0.25) is 0 Å². The zero-order valence-corrected chi connectivity index (χ0v) is 18.3. The molecule has 5 aromatic rings. The van der Waals surface area contributed by atoms with E-state index in [0.717, 1.165) is 21.7 Å². The van der Waals surface area contributed by atoms with Crippen LogP contribution in [0, 0.1) is 29.1 Å². The van der Waals surface area contributed by atoms with Crippen molar-refractivity contribution in [2.75, 3.05) is 0 Å². The van der Waals surface area contributed by atoms with Gasteiger partial charge in [0.1, 0.15) is 23.0 Å². The third-order valence-electron chi connectivity index (χ3n) is 7.35. The average molecular weight is 465 g/mol. The minimum atomic E-state index is -2.18. The second kappa shape index (κ2) is 6.65. The number of rotatable bonds is 2. The molecule has 0 amide bonds. The molecule has 0 bridgehead atoms. The number of pyridine rings is 1. The zero-order valence-electron chi connectivity index (χ0n) is 18.3. The smallest absolute Gasteiger partial charge is 0.203 e. The fourth-order valence-electron chi connectivity index (χ4n) is 5.34. The standard InChI is InChI=1S/C27H18F5N2/c1-4-27(3)13(2)33-12-18(20-21(28)23(30)25(32)24(31)22(20)29)34-17-11-6-5-8-14(17)15-9-7-10-16(27)19(15)26(33)34/h5-12H,2,4H2,1,3H3/q+1. The van der Waals surface area contributed by atoms with Gasteiger partial charge in [0.15, 0.2) is 29.0 Å². The van der Waals surface area contributed by atoms with Gasteiger partial charge in [-0.2, -0.15) is 8.97 Å². The molecule has 170 valence electrons. The van der Waals surface area contributed by atoms with Crippen molar-refractivity contribution in [2.45, 2.75) is 25.7 Å². The van der Waals surface area contributed by atoms with E-state index in [9.17, 15) is 13.2 Å². The van der Waals surface area contributed by atoms with Gasteiger partial charge in [0.05, 0.1) is 10.8 Å². The molecule has 0 saturated carbocycles. The Morgan fingerprint density at radius 1 is 0.853 bits per heavy atom. The first-order valence-electron chi connectivity index (χ1n) is 10.8. The lowest BCUT2D eigenvalue weighted by molar-refractivity contribution is -0.466. The fraction of sp³-hybridized carbons (Fsp3) is 0.148. The van der Waals surface area contributed by atoms with Crippen LogP contribution < -0.4 is 4.40 Å². The Morgan fingerprint density at radius 3 is 2.15 bits per heavy atom. The van der Waals surface area contributed by atoms with Crippen LogP contribution in [0.25, 0.3) is 44.3 Å². The Morgan fingerprint density at radius 2 is 1.47 bits per heavy atom. The summed E-state index contributed by atoms with van der Waals surface area (Å²) in [6.45, 7) is 8.35. The topological polar surface area (TPSA) is 9.03 Å². The third-order valence-corrected chi connectivity index (χ3v) is 7.35. The molecule has 3 aromatic carbocycles. The van der Waals surface area contributed by atoms with Gasteiger partial charge in [0, 0.05) is 10.8 Å². The predicted molar refractivity (Wildman–Crippen MR) is 121 cm³/mol. The van der Waals surface area contributed by atoms with Crippen molar-refractivity contribution in [1.29, 1.82) is 0 Å². The Hall–Kier alpha value is -3.74. The molecule has 6 rings (SSSR count). The zero-order chi connectivity index (χ0) is 24.1. The average Bonchev–Trinajstić information content (AvgIpc) is 3.25. The summed E-state index contributed by atoms with van der Waals surface area (Å²) in [4.78, 5) is 0. The number of allylic oxidation sites excluding steroid dienone is 1. The largest absolute Gasteiger partial charge is 0.300 e. The third kappa shape index (κ3) is 2.27. The molecule has 34 heavy (non-hydrogen) atoms. The van der Waals surface area contributed by atoms with Gasteiger partial charge >= 0.3 is 5.65 Å². The minimum absolute atomic E-state index is 0.141. The molecule has 2 aromatic heterocycles. The maximum absolute atomic E-state index is 15.0. The highest BCUT2D eigenvalue weighted by molar-refractivity contribution is 6.13. The lowest BCUT2D eigenvalue weighted by Crippen LogP contribution is -2.33. The molecule has 1 unspecified atom stereocenters. The van der Waals surface area contributed by atoms with E-state index in [1.54, 1.807) is 21.1 Å². The maximum Gasteiger partial charge on any atom is 0.300 e. The normalized spacial score (nSPS) is 17.6. The summed E-state index contributed by atoms with van der Waals surface area (Å²) in [6, 6.07) is 13.2. The van der Waals surface area contributed by atoms with Crippen LogP contribution in [-0.4, -0.2) is 4.57 Å². The van der Waals surface area contributed by atoms with Gasteiger partial charge in [-0.25, -0.2) is 22.0 Å². The van der Waals surface area contributed by atoms with Gasteiger partial charge in [0.2, 0.25) is 5.82 Å². The van der Waals surface area contributed by atoms with Crippen LogP contribution in [-0.2, 0) is 5.41 Å². The number of para-hydroxylation sites is 1. The van der Waals surface area contributed by atoms with E-state index < -0.39 is 40.1 Å². The van der Waals surface area contributed by atoms with Gasteiger partial charge in [-0.1, -0.05) is 49.9 Å². The number of hydrogen-bond acceptors (Lipinski definition) is 0. The SMILES string of the molecule is C=C1n2cc(-c3c(F)c(F)c(F)c(F)c3F)[n+]3c4ccccc4c4cccc(c4c23)C1(C)CC. The number of imidazole rings is 1. The van der Waals surface area contributed by atoms with Crippen LogP contribution in [0.3, 0.4) is 0 Å². The first kappa shape index (κ1) is 20.8. The first-order valence-corrected chi connectivity index (χ1v) is 10.8. The number of halogens is 5. The van der Waals surface area contributed by atoms with Crippen molar-refractivity contribution in [3.05, 3.63) is 89.9 Å². The molecule has 1 atom stereocenters. The molecule has 7 heteroatoms. The van der Waals surface area contributed by atoms with Crippen molar-refractivity contribution in [3.63, 3.8) is 0 Å². The van der Waals surface area contributed by atoms with Gasteiger partial charge < -0.3 is 0 Å². The summed E-state index contributed by atoms with van der Waals surface area (Å²) in [7, 11) is 0. The quantitative estimate of drug-likeness (QED) is 0.0869. The predicted octanol–water partition coefficient (Wildman–Crippen LogP) is 7.05. The van der Waals surface area contributed by atoms with Gasteiger partial charge in [-0.15, -0.1) is 0 Å². The van der Waals surface area contributed by atoms with Crippen LogP contribution in [0.15, 0.2) is 55.2 Å². The maximum atomic E-state index is 15.0. The molecule has 1 aliphatic rings. The molecule has 0 saturated heterocycles. The highest BCUT2D eigenvalue weighted by atomic mass is 19.2. The highest BCUT2D eigenvalue weighted by Crippen LogP contribution is 2.48. The van der Waals surface area contributed by atoms with Gasteiger partial charge in [-0.05, 0) is 25.0 Å². The van der Waals surface area contributed by atoms with Crippen molar-refractivity contribution in [1.82, 2.24) is 4.57 Å². The van der Waals surface area contributed by atoms with E-state index in [2.05, 4.69) is 6.58 Å². The molecule has 0 spiro atoms.